The van der Waals surface area contributed by atoms with Crippen molar-refractivity contribution in [2.75, 3.05) is 11.3 Å². The molecule has 1 N–H and O–H groups in total. The lowest BCUT2D eigenvalue weighted by atomic mass is 10.1. The van der Waals surface area contributed by atoms with Gasteiger partial charge in [-0.15, -0.1) is 0 Å². The van der Waals surface area contributed by atoms with Crippen LogP contribution in [0.25, 0.3) is 0 Å². The summed E-state index contributed by atoms with van der Waals surface area (Å²) in [4.78, 5) is 5.03. The van der Waals surface area contributed by atoms with Crippen molar-refractivity contribution in [3.63, 3.8) is 0 Å². The van der Waals surface area contributed by atoms with Gasteiger partial charge >= 0.3 is 15.5 Å². The normalized spacial score (nSPS) is 13.0. The topological polar surface area (TPSA) is 67.8 Å². The van der Waals surface area contributed by atoms with Crippen molar-refractivity contribution < 1.29 is 26.4 Å². The molecule has 0 fully saturated rings. The number of oxime groups is 1. The maximum absolute atomic E-state index is 12.5. The van der Waals surface area contributed by atoms with Crippen molar-refractivity contribution in [3.05, 3.63) is 28.8 Å². The molecule has 0 bridgehead atoms. The van der Waals surface area contributed by atoms with Gasteiger partial charge in [-0.3, -0.25) is 4.72 Å². The molecule has 0 aliphatic carbocycles. The Morgan fingerprint density at radius 1 is 1.35 bits per heavy atom. The number of hydrogen-bond donors (Lipinski definition) is 1. The Bertz CT molecular complexity index is 676. The SMILES string of the molecule is CCCO/N=C(\CC)c1cc(Cl)ccc1NS(=O)(=O)C(F)(F)F. The fourth-order valence-corrected chi connectivity index (χ4v) is 2.32. The number of nitrogens with zero attached hydrogens (tertiary/aromatic N) is 1. The third-order valence-corrected chi connectivity index (χ3v) is 3.98. The Kier molecular flexibility index (Phi) is 6.69. The van der Waals surface area contributed by atoms with E-state index in [9.17, 15) is 21.6 Å². The number of rotatable bonds is 7. The molecule has 0 aliphatic rings. The summed E-state index contributed by atoms with van der Waals surface area (Å²) in [6.07, 6.45) is 1.01. The molecule has 0 saturated carbocycles. The minimum absolute atomic E-state index is 0.129. The van der Waals surface area contributed by atoms with E-state index < -0.39 is 15.5 Å². The monoisotopic (exact) mass is 372 g/mol. The summed E-state index contributed by atoms with van der Waals surface area (Å²) in [5, 5.41) is 4.07. The van der Waals surface area contributed by atoms with Gasteiger partial charge in [0.1, 0.15) is 6.61 Å². The summed E-state index contributed by atoms with van der Waals surface area (Å²) in [5.41, 5.74) is -5.29. The summed E-state index contributed by atoms with van der Waals surface area (Å²) in [6, 6.07) is 3.75. The Hall–Kier alpha value is -1.48. The molecule has 0 radical (unpaired) electrons. The first-order chi connectivity index (χ1) is 10.6. The third-order valence-electron chi connectivity index (χ3n) is 2.65. The highest BCUT2D eigenvalue weighted by Gasteiger charge is 2.46. The van der Waals surface area contributed by atoms with Gasteiger partial charge in [-0.2, -0.15) is 21.6 Å². The van der Waals surface area contributed by atoms with Crippen LogP contribution < -0.4 is 4.72 Å². The van der Waals surface area contributed by atoms with Crippen LogP contribution in [0.5, 0.6) is 0 Å². The molecule has 1 rings (SSSR count). The van der Waals surface area contributed by atoms with Gasteiger partial charge < -0.3 is 4.84 Å². The highest BCUT2D eigenvalue weighted by molar-refractivity contribution is 7.93. The maximum Gasteiger partial charge on any atom is 0.516 e. The van der Waals surface area contributed by atoms with Gasteiger partial charge in [-0.1, -0.05) is 30.6 Å². The summed E-state index contributed by atoms with van der Waals surface area (Å²) in [6.45, 7) is 3.90. The number of hydrogen-bond acceptors (Lipinski definition) is 4. The second-order valence-corrected chi connectivity index (χ2v) is 6.58. The van der Waals surface area contributed by atoms with Crippen molar-refractivity contribution in [1.29, 1.82) is 0 Å². The van der Waals surface area contributed by atoms with E-state index in [-0.39, 0.29) is 22.0 Å². The van der Waals surface area contributed by atoms with Crippen molar-refractivity contribution >= 4 is 33.0 Å². The molecule has 23 heavy (non-hydrogen) atoms. The highest BCUT2D eigenvalue weighted by Crippen LogP contribution is 2.29. The first-order valence-electron chi connectivity index (χ1n) is 6.70. The number of sulfonamides is 1. The van der Waals surface area contributed by atoms with Crippen molar-refractivity contribution in [1.82, 2.24) is 0 Å². The van der Waals surface area contributed by atoms with Crippen molar-refractivity contribution in [2.24, 2.45) is 5.16 Å². The van der Waals surface area contributed by atoms with Gasteiger partial charge in [0, 0.05) is 10.6 Å². The molecule has 0 saturated heterocycles. The molecule has 0 spiro atoms. The van der Waals surface area contributed by atoms with Gasteiger partial charge in [-0.25, -0.2) is 0 Å². The van der Waals surface area contributed by atoms with Crippen molar-refractivity contribution in [2.45, 2.75) is 32.2 Å². The minimum atomic E-state index is -5.54. The molecule has 0 aliphatic heterocycles. The Morgan fingerprint density at radius 2 is 2.00 bits per heavy atom. The van der Waals surface area contributed by atoms with Crippen LogP contribution in [-0.2, 0) is 14.9 Å². The number of anilines is 1. The largest absolute Gasteiger partial charge is 0.516 e. The van der Waals surface area contributed by atoms with Gasteiger partial charge in [-0.05, 0) is 31.0 Å². The predicted molar refractivity (Wildman–Crippen MR) is 83.1 cm³/mol. The number of benzene rings is 1. The molecule has 1 aromatic rings. The average molecular weight is 373 g/mol. The molecule has 0 atom stereocenters. The zero-order valence-corrected chi connectivity index (χ0v) is 14.0. The lowest BCUT2D eigenvalue weighted by Gasteiger charge is -2.15. The fourth-order valence-electron chi connectivity index (χ4n) is 1.57. The van der Waals surface area contributed by atoms with Crippen LogP contribution in [-0.4, -0.2) is 26.2 Å². The van der Waals surface area contributed by atoms with Crippen LogP contribution in [0.1, 0.15) is 32.3 Å². The number of halogens is 4. The van der Waals surface area contributed by atoms with Gasteiger partial charge in [0.2, 0.25) is 0 Å². The van der Waals surface area contributed by atoms with Gasteiger partial charge in [0.05, 0.1) is 11.4 Å². The van der Waals surface area contributed by atoms with E-state index in [1.807, 2.05) is 6.92 Å². The van der Waals surface area contributed by atoms with Gasteiger partial charge in [0.25, 0.3) is 0 Å². The standard InChI is InChI=1S/C13H16ClF3N2O3S/c1-3-7-22-18-11(4-2)10-8-9(14)5-6-12(10)19-23(20,21)13(15,16)17/h5-6,8,19H,3-4,7H2,1-2H3/b18-11+. The first-order valence-corrected chi connectivity index (χ1v) is 8.56. The van der Waals surface area contributed by atoms with Gasteiger partial charge in [0.15, 0.2) is 0 Å². The average Bonchev–Trinajstić information content (AvgIpc) is 2.44. The summed E-state index contributed by atoms with van der Waals surface area (Å²) >= 11 is 5.85. The molecule has 1 aromatic carbocycles. The second kappa shape index (κ2) is 7.87. The maximum atomic E-state index is 12.5. The van der Waals surface area contributed by atoms with Crippen LogP contribution in [0.4, 0.5) is 18.9 Å². The summed E-state index contributed by atoms with van der Waals surface area (Å²) in [7, 11) is -5.54. The molecule has 0 aromatic heterocycles. The van der Waals surface area contributed by atoms with E-state index in [2.05, 4.69) is 5.16 Å². The molecule has 0 amide bonds. The molecular formula is C13H16ClF3N2O3S. The zero-order valence-electron chi connectivity index (χ0n) is 12.4. The summed E-state index contributed by atoms with van der Waals surface area (Å²) < 4.78 is 61.7. The smallest absolute Gasteiger partial charge is 0.396 e. The quantitative estimate of drug-likeness (QED) is 0.444. The fraction of sp³-hybridized carbons (Fsp3) is 0.462. The van der Waals surface area contributed by atoms with Crippen molar-refractivity contribution in [3.8, 4) is 0 Å². The Morgan fingerprint density at radius 3 is 2.52 bits per heavy atom. The van der Waals surface area contributed by atoms with E-state index in [4.69, 9.17) is 16.4 Å². The molecule has 0 heterocycles. The van der Waals surface area contributed by atoms with E-state index >= 15 is 0 Å². The van der Waals surface area contributed by atoms with Crippen LogP contribution >= 0.6 is 11.6 Å². The molecular weight excluding hydrogens is 357 g/mol. The lowest BCUT2D eigenvalue weighted by Crippen LogP contribution is -2.30. The van der Waals surface area contributed by atoms with E-state index in [1.165, 1.54) is 16.9 Å². The molecule has 0 unspecified atom stereocenters. The molecule has 5 nitrogen and oxygen atoms in total. The molecule has 10 heteroatoms. The molecule has 130 valence electrons. The second-order valence-electron chi connectivity index (χ2n) is 4.47. The van der Waals surface area contributed by atoms with E-state index in [0.717, 1.165) is 6.07 Å². The lowest BCUT2D eigenvalue weighted by molar-refractivity contribution is -0.0429. The Labute approximate surface area is 137 Å². The van der Waals surface area contributed by atoms with Crippen LogP contribution in [0.15, 0.2) is 23.4 Å². The first kappa shape index (κ1) is 19.6. The summed E-state index contributed by atoms with van der Waals surface area (Å²) in [5.74, 6) is 0. The zero-order chi connectivity index (χ0) is 17.7. The van der Waals surface area contributed by atoms with Crippen LogP contribution in [0, 0.1) is 0 Å². The Balaban J connectivity index is 3.27. The van der Waals surface area contributed by atoms with E-state index in [0.29, 0.717) is 19.4 Å². The highest BCUT2D eigenvalue weighted by atomic mass is 35.5. The van der Waals surface area contributed by atoms with Crippen LogP contribution in [0.3, 0.4) is 0 Å². The number of nitrogens with one attached hydrogen (secondary N) is 1. The number of alkyl halides is 3. The minimum Gasteiger partial charge on any atom is -0.396 e. The third kappa shape index (κ3) is 5.28. The predicted octanol–water partition coefficient (Wildman–Crippen LogP) is 4.14. The van der Waals surface area contributed by atoms with Crippen LogP contribution in [0.2, 0.25) is 5.02 Å². The van der Waals surface area contributed by atoms with E-state index in [1.54, 1.807) is 6.92 Å².